The van der Waals surface area contributed by atoms with Gasteiger partial charge in [-0.05, 0) is 44.9 Å². The largest absolute Gasteiger partial charge is 0.496 e. The molecule has 2 aromatic heterocycles. The minimum Gasteiger partial charge on any atom is -0.496 e. The van der Waals surface area contributed by atoms with E-state index in [1.807, 2.05) is 4.90 Å². The van der Waals surface area contributed by atoms with Gasteiger partial charge in [0.05, 0.1) is 24.0 Å². The Kier molecular flexibility index (Phi) is 6.73. The number of ether oxygens (including phenoxy) is 1. The van der Waals surface area contributed by atoms with Crippen LogP contribution in [-0.4, -0.2) is 53.3 Å². The second-order valence-corrected chi connectivity index (χ2v) is 13.9. The number of hydrogen-bond donors (Lipinski definition) is 1. The minimum atomic E-state index is -4.39. The number of alkyl halides is 3. The number of methoxy groups -OCH3 is 1. The number of halogens is 3. The second kappa shape index (κ2) is 9.58. The van der Waals surface area contributed by atoms with Gasteiger partial charge < -0.3 is 19.5 Å². The zero-order valence-corrected chi connectivity index (χ0v) is 22.5. The number of aryl methyl sites for hydroxylation is 1. The lowest BCUT2D eigenvalue weighted by Gasteiger charge is -2.33. The molecule has 0 bridgehead atoms. The molecule has 1 N–H and O–H groups in total. The highest BCUT2D eigenvalue weighted by molar-refractivity contribution is 7.72. The molecule has 2 fully saturated rings. The molecule has 1 aromatic carbocycles. The predicted octanol–water partition coefficient (Wildman–Crippen LogP) is 5.44. The van der Waals surface area contributed by atoms with E-state index >= 15 is 0 Å². The molecule has 3 aromatic rings. The van der Waals surface area contributed by atoms with Gasteiger partial charge in [0.2, 0.25) is 5.91 Å². The zero-order valence-electron chi connectivity index (χ0n) is 20.8. The van der Waals surface area contributed by atoms with Gasteiger partial charge in [-0.15, -0.1) is 11.3 Å². The predicted molar refractivity (Wildman–Crippen MR) is 138 cm³/mol. The fourth-order valence-corrected chi connectivity index (χ4v) is 8.34. The average Bonchev–Trinajstić information content (AvgIpc) is 3.57. The number of carbonyl (C=O) groups is 1. The molecule has 1 amide bonds. The maximum absolute atomic E-state index is 14.1. The van der Waals surface area contributed by atoms with E-state index in [9.17, 15) is 22.5 Å². The summed E-state index contributed by atoms with van der Waals surface area (Å²) >= 11 is 0.689. The van der Waals surface area contributed by atoms with Crippen molar-refractivity contribution in [3.05, 3.63) is 39.8 Å². The normalized spacial score (nSPS) is 18.6. The van der Waals surface area contributed by atoms with E-state index in [1.165, 1.54) is 13.2 Å². The number of carbonyl (C=O) groups excluding carboxylic acids is 1. The van der Waals surface area contributed by atoms with E-state index in [-0.39, 0.29) is 11.8 Å². The van der Waals surface area contributed by atoms with Crippen molar-refractivity contribution in [1.82, 2.24) is 14.9 Å². The van der Waals surface area contributed by atoms with Crippen molar-refractivity contribution in [3.63, 3.8) is 0 Å². The molecule has 3 heterocycles. The standard InChI is InChI=1S/C25H28F3N4O3PS/c1-14(21-6-7-22(37-21)25(26,27)28)29-23-17-12-20(19(35-3)13-18(17)30-15(2)31-23)36(34)10-8-32(9-11-36)24(33)16-4-5-16/h6-7,12-14,16H,4-5,8-11H2,1-3H3,(H,29,30,31)/t14-/m1/s1. The summed E-state index contributed by atoms with van der Waals surface area (Å²) in [6.07, 6.45) is -1.79. The van der Waals surface area contributed by atoms with Crippen molar-refractivity contribution in [1.29, 1.82) is 0 Å². The molecule has 12 heteroatoms. The Bertz CT molecular complexity index is 1390. The van der Waals surface area contributed by atoms with Crippen LogP contribution in [-0.2, 0) is 15.5 Å². The van der Waals surface area contributed by atoms with Crippen molar-refractivity contribution in [2.45, 2.75) is 38.9 Å². The SMILES string of the molecule is COc1cc2nc(C)nc(N[C@H](C)c3ccc(C(F)(F)F)s3)c2cc1P1(=O)CCN(C(=O)C2CC2)CC1. The molecular formula is C25H28F3N4O3PS. The quantitative estimate of drug-likeness (QED) is 0.410. The van der Waals surface area contributed by atoms with Gasteiger partial charge in [0, 0.05) is 47.7 Å². The summed E-state index contributed by atoms with van der Waals surface area (Å²) in [5.74, 6) is 1.69. The Morgan fingerprint density at radius 1 is 1.22 bits per heavy atom. The molecule has 0 unspecified atom stereocenters. The summed E-state index contributed by atoms with van der Waals surface area (Å²) in [4.78, 5) is 23.2. The number of nitrogens with zero attached hydrogens (tertiary/aromatic N) is 3. The molecule has 1 aliphatic carbocycles. The molecule has 198 valence electrons. The lowest BCUT2D eigenvalue weighted by molar-refractivity contribution is -0.134. The highest BCUT2D eigenvalue weighted by Crippen LogP contribution is 2.50. The maximum Gasteiger partial charge on any atom is 0.425 e. The van der Waals surface area contributed by atoms with E-state index in [0.717, 1.165) is 18.9 Å². The van der Waals surface area contributed by atoms with E-state index in [1.54, 1.807) is 26.0 Å². The molecule has 1 aliphatic heterocycles. The van der Waals surface area contributed by atoms with E-state index in [0.29, 0.717) is 75.2 Å². The number of anilines is 1. The monoisotopic (exact) mass is 552 g/mol. The van der Waals surface area contributed by atoms with Crippen LogP contribution in [0.1, 0.15) is 41.4 Å². The van der Waals surface area contributed by atoms with E-state index < -0.39 is 24.2 Å². The van der Waals surface area contributed by atoms with Crippen LogP contribution in [0, 0.1) is 12.8 Å². The van der Waals surface area contributed by atoms with Gasteiger partial charge in [-0.1, -0.05) is 0 Å². The van der Waals surface area contributed by atoms with Crippen LogP contribution in [0.2, 0.25) is 0 Å². The minimum absolute atomic E-state index is 0.124. The van der Waals surface area contributed by atoms with Gasteiger partial charge in [0.15, 0.2) is 0 Å². The summed E-state index contributed by atoms with van der Waals surface area (Å²) in [5, 5.41) is 4.44. The lowest BCUT2D eigenvalue weighted by atomic mass is 10.2. The van der Waals surface area contributed by atoms with Crippen LogP contribution in [0.15, 0.2) is 24.3 Å². The molecule has 1 saturated heterocycles. The number of aromatic nitrogens is 2. The number of benzene rings is 1. The number of hydrogen-bond acceptors (Lipinski definition) is 7. The molecule has 37 heavy (non-hydrogen) atoms. The summed E-state index contributed by atoms with van der Waals surface area (Å²) in [6.45, 7) is 4.40. The highest BCUT2D eigenvalue weighted by atomic mass is 32.1. The Balaban J connectivity index is 1.47. The molecule has 5 rings (SSSR count). The molecular weight excluding hydrogens is 524 g/mol. The number of rotatable bonds is 6. The van der Waals surface area contributed by atoms with Gasteiger partial charge in [-0.2, -0.15) is 13.2 Å². The molecule has 2 aliphatic rings. The van der Waals surface area contributed by atoms with Crippen molar-refractivity contribution in [3.8, 4) is 5.75 Å². The van der Waals surface area contributed by atoms with Gasteiger partial charge in [0.25, 0.3) is 0 Å². The molecule has 0 radical (unpaired) electrons. The zero-order chi connectivity index (χ0) is 26.5. The maximum atomic E-state index is 14.1. The molecule has 0 spiro atoms. The van der Waals surface area contributed by atoms with Gasteiger partial charge in [0.1, 0.15) is 29.4 Å². The molecule has 1 atom stereocenters. The lowest BCUT2D eigenvalue weighted by Crippen LogP contribution is -2.42. The number of amides is 1. The average molecular weight is 553 g/mol. The van der Waals surface area contributed by atoms with Crippen molar-refractivity contribution in [2.24, 2.45) is 5.92 Å². The van der Waals surface area contributed by atoms with Crippen LogP contribution >= 0.6 is 18.5 Å². The Morgan fingerprint density at radius 3 is 2.51 bits per heavy atom. The van der Waals surface area contributed by atoms with Crippen LogP contribution in [0.3, 0.4) is 0 Å². The highest BCUT2D eigenvalue weighted by Gasteiger charge is 2.39. The summed E-state index contributed by atoms with van der Waals surface area (Å²) < 4.78 is 59.1. The van der Waals surface area contributed by atoms with Crippen LogP contribution in [0.5, 0.6) is 5.75 Å². The van der Waals surface area contributed by atoms with E-state index in [2.05, 4.69) is 15.3 Å². The van der Waals surface area contributed by atoms with Crippen LogP contribution in [0.4, 0.5) is 19.0 Å². The third-order valence-electron chi connectivity index (χ3n) is 6.93. The van der Waals surface area contributed by atoms with Crippen LogP contribution < -0.4 is 15.4 Å². The van der Waals surface area contributed by atoms with Crippen molar-refractivity contribution < 1.29 is 27.3 Å². The van der Waals surface area contributed by atoms with Crippen LogP contribution in [0.25, 0.3) is 10.9 Å². The number of thiophene rings is 1. The van der Waals surface area contributed by atoms with Gasteiger partial charge >= 0.3 is 6.18 Å². The molecule has 1 saturated carbocycles. The summed E-state index contributed by atoms with van der Waals surface area (Å²) in [6, 6.07) is 5.62. The van der Waals surface area contributed by atoms with Crippen molar-refractivity contribution in [2.75, 3.05) is 37.8 Å². The first-order chi connectivity index (χ1) is 17.5. The topological polar surface area (TPSA) is 84.4 Å². The van der Waals surface area contributed by atoms with Crippen molar-refractivity contribution >= 4 is 46.4 Å². The third kappa shape index (κ3) is 5.21. The summed E-state index contributed by atoms with van der Waals surface area (Å²) in [7, 11) is -1.35. The third-order valence-corrected chi connectivity index (χ3v) is 11.3. The van der Waals surface area contributed by atoms with E-state index in [4.69, 9.17) is 4.74 Å². The number of nitrogens with one attached hydrogen (secondary N) is 1. The Hall–Kier alpha value is -2.65. The smallest absolute Gasteiger partial charge is 0.425 e. The fourth-order valence-electron chi connectivity index (χ4n) is 4.71. The fraction of sp³-hybridized carbons (Fsp3) is 0.480. The van der Waals surface area contributed by atoms with Gasteiger partial charge in [-0.25, -0.2) is 9.97 Å². The first kappa shape index (κ1) is 26.0. The summed E-state index contributed by atoms with van der Waals surface area (Å²) in [5.41, 5.74) is 0.583. The molecule has 7 nitrogen and oxygen atoms in total. The second-order valence-electron chi connectivity index (χ2n) is 9.66. The Labute approximate surface area is 216 Å². The first-order valence-electron chi connectivity index (χ1n) is 12.2. The number of fused-ring (bicyclic) bond motifs is 1. The first-order valence-corrected chi connectivity index (χ1v) is 15.0. The van der Waals surface area contributed by atoms with Gasteiger partial charge in [-0.3, -0.25) is 4.79 Å². The Morgan fingerprint density at radius 2 is 1.92 bits per heavy atom.